The average molecular weight is 383 g/mol. The standard InChI is InChI=1S/C20H22FN5O2/c1-28-12-7-5-11(6-8-12)25-20-24-10-15-18(26-20)14(9-23-19(15)22)13-3-2-4-16(27)17(13)21/h2-4,9-12,27H,5-8H2,1H3,(H2,22,23)(H,24,25,26). The first-order valence-electron chi connectivity index (χ1n) is 9.25. The van der Waals surface area contributed by atoms with Crippen molar-refractivity contribution in [3.05, 3.63) is 36.4 Å². The van der Waals surface area contributed by atoms with Gasteiger partial charge in [-0.1, -0.05) is 12.1 Å². The predicted molar refractivity (Wildman–Crippen MR) is 105 cm³/mol. The smallest absolute Gasteiger partial charge is 0.223 e. The van der Waals surface area contributed by atoms with Crippen molar-refractivity contribution in [1.29, 1.82) is 0 Å². The maximum atomic E-state index is 14.5. The fraction of sp³-hybridized carbons (Fsp3) is 0.350. The highest BCUT2D eigenvalue weighted by Crippen LogP contribution is 2.34. The van der Waals surface area contributed by atoms with E-state index in [-0.39, 0.29) is 17.4 Å². The van der Waals surface area contributed by atoms with Crippen LogP contribution in [-0.4, -0.2) is 39.3 Å². The van der Waals surface area contributed by atoms with Crippen molar-refractivity contribution in [2.75, 3.05) is 18.2 Å². The number of aromatic nitrogens is 3. The van der Waals surface area contributed by atoms with E-state index in [1.54, 1.807) is 25.4 Å². The summed E-state index contributed by atoms with van der Waals surface area (Å²) in [5.41, 5.74) is 7.11. The van der Waals surface area contributed by atoms with Gasteiger partial charge in [-0.3, -0.25) is 0 Å². The van der Waals surface area contributed by atoms with Crippen LogP contribution in [0.1, 0.15) is 25.7 Å². The van der Waals surface area contributed by atoms with Gasteiger partial charge in [0.25, 0.3) is 0 Å². The van der Waals surface area contributed by atoms with Gasteiger partial charge < -0.3 is 20.9 Å². The van der Waals surface area contributed by atoms with Crippen LogP contribution in [0.3, 0.4) is 0 Å². The topological polar surface area (TPSA) is 106 Å². The number of hydrogen-bond acceptors (Lipinski definition) is 7. The summed E-state index contributed by atoms with van der Waals surface area (Å²) >= 11 is 0. The first-order valence-corrected chi connectivity index (χ1v) is 9.25. The monoisotopic (exact) mass is 383 g/mol. The molecule has 0 spiro atoms. The lowest BCUT2D eigenvalue weighted by Gasteiger charge is -2.28. The van der Waals surface area contributed by atoms with Gasteiger partial charge in [-0.2, -0.15) is 0 Å². The molecule has 4 rings (SSSR count). The van der Waals surface area contributed by atoms with E-state index in [2.05, 4.69) is 20.3 Å². The van der Waals surface area contributed by atoms with Crippen LogP contribution < -0.4 is 11.1 Å². The summed E-state index contributed by atoms with van der Waals surface area (Å²) in [6.45, 7) is 0. The minimum absolute atomic E-state index is 0.211. The average Bonchev–Trinajstić information content (AvgIpc) is 2.71. The molecule has 0 bridgehead atoms. The highest BCUT2D eigenvalue weighted by Gasteiger charge is 2.22. The maximum absolute atomic E-state index is 14.5. The number of pyridine rings is 1. The Morgan fingerprint density at radius 1 is 1.14 bits per heavy atom. The molecule has 2 aromatic heterocycles. The number of nitrogens with one attached hydrogen (secondary N) is 1. The lowest BCUT2D eigenvalue weighted by molar-refractivity contribution is 0.0681. The molecule has 4 N–H and O–H groups in total. The number of nitrogens with zero attached hydrogens (tertiary/aromatic N) is 3. The van der Waals surface area contributed by atoms with Crippen LogP contribution in [0, 0.1) is 5.82 Å². The second kappa shape index (κ2) is 7.55. The number of methoxy groups -OCH3 is 1. The number of hydrogen-bond donors (Lipinski definition) is 3. The largest absolute Gasteiger partial charge is 0.505 e. The Bertz CT molecular complexity index is 1010. The molecule has 146 valence electrons. The summed E-state index contributed by atoms with van der Waals surface area (Å²) < 4.78 is 19.9. The lowest BCUT2D eigenvalue weighted by atomic mass is 9.93. The highest BCUT2D eigenvalue weighted by atomic mass is 19.1. The van der Waals surface area contributed by atoms with Gasteiger partial charge in [0.05, 0.1) is 17.0 Å². The van der Waals surface area contributed by atoms with Gasteiger partial charge in [-0.05, 0) is 31.7 Å². The molecule has 0 amide bonds. The van der Waals surface area contributed by atoms with Crippen LogP contribution in [-0.2, 0) is 4.74 Å². The molecule has 7 nitrogen and oxygen atoms in total. The fourth-order valence-electron chi connectivity index (χ4n) is 3.66. The molecule has 1 aliphatic carbocycles. The fourth-order valence-corrected chi connectivity index (χ4v) is 3.66. The van der Waals surface area contributed by atoms with Crippen LogP contribution in [0.2, 0.25) is 0 Å². The molecule has 3 aromatic rings. The number of halogens is 1. The van der Waals surface area contributed by atoms with Crippen molar-refractivity contribution >= 4 is 22.7 Å². The molecule has 0 unspecified atom stereocenters. The number of rotatable bonds is 4. The van der Waals surface area contributed by atoms with E-state index in [4.69, 9.17) is 10.5 Å². The molecule has 8 heteroatoms. The van der Waals surface area contributed by atoms with Gasteiger partial charge in [0.2, 0.25) is 5.95 Å². The predicted octanol–water partition coefficient (Wildman–Crippen LogP) is 3.49. The van der Waals surface area contributed by atoms with E-state index in [1.807, 2.05) is 0 Å². The van der Waals surface area contributed by atoms with Gasteiger partial charge in [-0.15, -0.1) is 0 Å². The zero-order valence-corrected chi connectivity index (χ0v) is 15.5. The van der Waals surface area contributed by atoms with Crippen molar-refractivity contribution in [2.24, 2.45) is 0 Å². The van der Waals surface area contributed by atoms with E-state index in [0.717, 1.165) is 25.7 Å². The summed E-state index contributed by atoms with van der Waals surface area (Å²) in [7, 11) is 1.74. The number of fused-ring (bicyclic) bond motifs is 1. The molecule has 2 heterocycles. The van der Waals surface area contributed by atoms with Gasteiger partial charge >= 0.3 is 0 Å². The minimum Gasteiger partial charge on any atom is -0.505 e. The van der Waals surface area contributed by atoms with Crippen LogP contribution in [0.25, 0.3) is 22.0 Å². The van der Waals surface area contributed by atoms with E-state index in [9.17, 15) is 9.50 Å². The van der Waals surface area contributed by atoms with Gasteiger partial charge in [0, 0.05) is 36.7 Å². The second-order valence-electron chi connectivity index (χ2n) is 7.01. The van der Waals surface area contributed by atoms with Gasteiger partial charge in [0.15, 0.2) is 11.6 Å². The summed E-state index contributed by atoms with van der Waals surface area (Å²) in [4.78, 5) is 13.1. The number of nitrogen functional groups attached to an aromatic ring is 1. The molecular weight excluding hydrogens is 361 g/mol. The minimum atomic E-state index is -0.721. The third-order valence-corrected chi connectivity index (χ3v) is 5.26. The first-order chi connectivity index (χ1) is 13.6. The van der Waals surface area contributed by atoms with Gasteiger partial charge in [-0.25, -0.2) is 19.3 Å². The molecule has 1 aromatic carbocycles. The molecular formula is C20H22FN5O2. The number of ether oxygens (including phenoxy) is 1. The Morgan fingerprint density at radius 3 is 2.68 bits per heavy atom. The molecule has 0 radical (unpaired) electrons. The van der Waals surface area contributed by atoms with E-state index < -0.39 is 11.6 Å². The van der Waals surface area contributed by atoms with Crippen molar-refractivity contribution in [3.8, 4) is 16.9 Å². The number of anilines is 2. The summed E-state index contributed by atoms with van der Waals surface area (Å²) in [5, 5.41) is 13.6. The molecule has 0 aliphatic heterocycles. The first kappa shape index (κ1) is 18.4. The molecule has 1 fully saturated rings. The molecule has 28 heavy (non-hydrogen) atoms. The van der Waals surface area contributed by atoms with Crippen molar-refractivity contribution in [2.45, 2.75) is 37.8 Å². The Balaban J connectivity index is 1.71. The molecule has 1 aliphatic rings. The Labute approximate surface area is 161 Å². The van der Waals surface area contributed by atoms with Crippen LogP contribution in [0.15, 0.2) is 30.6 Å². The SMILES string of the molecule is COC1CCC(Nc2ncc3c(N)ncc(-c4cccc(O)c4F)c3n2)CC1. The third-order valence-electron chi connectivity index (χ3n) is 5.26. The zero-order chi connectivity index (χ0) is 19.7. The third kappa shape index (κ3) is 3.43. The number of benzene rings is 1. The Kier molecular flexibility index (Phi) is 4.95. The van der Waals surface area contributed by atoms with Crippen LogP contribution >= 0.6 is 0 Å². The number of aromatic hydroxyl groups is 1. The van der Waals surface area contributed by atoms with Gasteiger partial charge in [0.1, 0.15) is 5.82 Å². The number of nitrogens with two attached hydrogens (primary N) is 1. The normalized spacial score (nSPS) is 19.6. The molecule has 0 saturated heterocycles. The summed E-state index contributed by atoms with van der Waals surface area (Å²) in [5.74, 6) is -0.418. The number of phenolic OH excluding ortho intramolecular Hbond substituents is 1. The summed E-state index contributed by atoms with van der Waals surface area (Å²) in [6, 6.07) is 4.70. The van der Waals surface area contributed by atoms with Crippen molar-refractivity contribution in [1.82, 2.24) is 15.0 Å². The Morgan fingerprint density at radius 2 is 1.93 bits per heavy atom. The van der Waals surface area contributed by atoms with Crippen LogP contribution in [0.5, 0.6) is 5.75 Å². The molecule has 1 saturated carbocycles. The quantitative estimate of drug-likeness (QED) is 0.633. The van der Waals surface area contributed by atoms with E-state index in [0.29, 0.717) is 28.5 Å². The second-order valence-corrected chi connectivity index (χ2v) is 7.01. The number of phenols is 1. The van der Waals surface area contributed by atoms with Crippen LogP contribution in [0.4, 0.5) is 16.2 Å². The highest BCUT2D eigenvalue weighted by molar-refractivity contribution is 5.98. The molecule has 0 atom stereocenters. The zero-order valence-electron chi connectivity index (χ0n) is 15.5. The lowest BCUT2D eigenvalue weighted by Crippen LogP contribution is -2.29. The summed E-state index contributed by atoms with van der Waals surface area (Å²) in [6.07, 6.45) is 7.27. The maximum Gasteiger partial charge on any atom is 0.223 e. The van der Waals surface area contributed by atoms with E-state index >= 15 is 0 Å². The Hall–Kier alpha value is -3.00. The van der Waals surface area contributed by atoms with Crippen molar-refractivity contribution < 1.29 is 14.2 Å². The van der Waals surface area contributed by atoms with E-state index in [1.165, 1.54) is 12.3 Å². The van der Waals surface area contributed by atoms with Crippen molar-refractivity contribution in [3.63, 3.8) is 0 Å².